The van der Waals surface area contributed by atoms with Crippen molar-refractivity contribution in [3.05, 3.63) is 29.8 Å². The van der Waals surface area contributed by atoms with Crippen molar-refractivity contribution in [1.29, 1.82) is 0 Å². The summed E-state index contributed by atoms with van der Waals surface area (Å²) in [5.41, 5.74) is 0. The summed E-state index contributed by atoms with van der Waals surface area (Å²) < 4.78 is 77.8. The number of piperazine rings is 1. The molecule has 0 unspecified atom stereocenters. The highest BCUT2D eigenvalue weighted by Gasteiger charge is 2.34. The van der Waals surface area contributed by atoms with Gasteiger partial charge in [0, 0.05) is 26.2 Å². The molecule has 0 bridgehead atoms. The number of nitrogens with zero attached hydrogens (tertiary/aromatic N) is 2. The first kappa shape index (κ1) is 18.2. The summed E-state index contributed by atoms with van der Waals surface area (Å²) in [5.74, 6) is -1.89. The Labute approximate surface area is 134 Å². The largest absolute Gasteiger partial charge is 0.246 e. The Balaban J connectivity index is 2.17. The molecule has 1 heterocycles. The second kappa shape index (κ2) is 6.80. The number of rotatable bonds is 5. The van der Waals surface area contributed by atoms with Gasteiger partial charge in [0.05, 0.1) is 5.75 Å². The molecule has 0 aliphatic carbocycles. The van der Waals surface area contributed by atoms with E-state index in [1.54, 1.807) is 6.92 Å². The summed E-state index contributed by atoms with van der Waals surface area (Å²) >= 11 is 0. The number of benzene rings is 1. The van der Waals surface area contributed by atoms with Crippen molar-refractivity contribution in [2.24, 2.45) is 0 Å². The standard InChI is InChI=1S/C13H18F2N2O4S2/c1-2-9-22(18,19)16-5-7-17(8-6-16)23(20,21)13-10-11(14)3-4-12(13)15/h3-4,10H,2,5-9H2,1H3. The monoisotopic (exact) mass is 368 g/mol. The van der Waals surface area contributed by atoms with Gasteiger partial charge in [-0.1, -0.05) is 6.92 Å². The smallest absolute Gasteiger partial charge is 0.212 e. The molecule has 1 fully saturated rings. The molecule has 0 radical (unpaired) electrons. The number of hydrogen-bond donors (Lipinski definition) is 0. The van der Waals surface area contributed by atoms with Crippen molar-refractivity contribution in [1.82, 2.24) is 8.61 Å². The van der Waals surface area contributed by atoms with Crippen LogP contribution in [0.3, 0.4) is 0 Å². The minimum Gasteiger partial charge on any atom is -0.212 e. The van der Waals surface area contributed by atoms with Crippen LogP contribution in [0.15, 0.2) is 23.1 Å². The Morgan fingerprint density at radius 1 is 1.00 bits per heavy atom. The van der Waals surface area contributed by atoms with E-state index in [2.05, 4.69) is 0 Å². The molecule has 6 nitrogen and oxygen atoms in total. The molecule has 0 spiro atoms. The average molecular weight is 368 g/mol. The number of sulfonamides is 2. The molecule has 0 atom stereocenters. The molecule has 0 amide bonds. The maximum atomic E-state index is 13.7. The van der Waals surface area contributed by atoms with E-state index in [1.165, 1.54) is 4.31 Å². The van der Waals surface area contributed by atoms with Crippen LogP contribution in [0.5, 0.6) is 0 Å². The van der Waals surface area contributed by atoms with Gasteiger partial charge in [-0.15, -0.1) is 0 Å². The highest BCUT2D eigenvalue weighted by molar-refractivity contribution is 7.89. The summed E-state index contributed by atoms with van der Waals surface area (Å²) in [5, 5.41) is 0. The van der Waals surface area contributed by atoms with Gasteiger partial charge in [0.1, 0.15) is 16.5 Å². The van der Waals surface area contributed by atoms with E-state index >= 15 is 0 Å². The lowest BCUT2D eigenvalue weighted by Gasteiger charge is -2.33. The molecule has 0 N–H and O–H groups in total. The van der Waals surface area contributed by atoms with Crippen LogP contribution in [0.4, 0.5) is 8.78 Å². The number of halogens is 2. The second-order valence-electron chi connectivity index (χ2n) is 5.19. The van der Waals surface area contributed by atoms with Gasteiger partial charge in [-0.3, -0.25) is 0 Å². The normalized spacial score (nSPS) is 18.2. The fourth-order valence-corrected chi connectivity index (χ4v) is 5.38. The zero-order chi connectivity index (χ0) is 17.3. The molecule has 0 saturated carbocycles. The Morgan fingerprint density at radius 3 is 2.13 bits per heavy atom. The highest BCUT2D eigenvalue weighted by Crippen LogP contribution is 2.22. The van der Waals surface area contributed by atoms with Gasteiger partial charge in [0.2, 0.25) is 20.0 Å². The predicted octanol–water partition coefficient (Wildman–Crippen LogP) is 1.01. The van der Waals surface area contributed by atoms with Crippen LogP contribution >= 0.6 is 0 Å². The van der Waals surface area contributed by atoms with Crippen molar-refractivity contribution in [3.8, 4) is 0 Å². The molecule has 1 aromatic carbocycles. The Morgan fingerprint density at radius 2 is 1.57 bits per heavy atom. The van der Waals surface area contributed by atoms with Crippen LogP contribution in [0.2, 0.25) is 0 Å². The van der Waals surface area contributed by atoms with Crippen LogP contribution in [-0.2, 0) is 20.0 Å². The molecule has 2 rings (SSSR count). The van der Waals surface area contributed by atoms with Crippen molar-refractivity contribution < 1.29 is 25.6 Å². The zero-order valence-electron chi connectivity index (χ0n) is 12.6. The Kier molecular flexibility index (Phi) is 5.39. The molecular weight excluding hydrogens is 350 g/mol. The molecule has 1 aliphatic rings. The molecular formula is C13H18F2N2O4S2. The molecule has 1 saturated heterocycles. The van der Waals surface area contributed by atoms with E-state index in [0.29, 0.717) is 12.5 Å². The lowest BCUT2D eigenvalue weighted by molar-refractivity contribution is 0.272. The van der Waals surface area contributed by atoms with Crippen LogP contribution in [0.25, 0.3) is 0 Å². The van der Waals surface area contributed by atoms with Gasteiger partial charge in [-0.05, 0) is 24.6 Å². The fourth-order valence-electron chi connectivity index (χ4n) is 2.39. The fraction of sp³-hybridized carbons (Fsp3) is 0.538. The van der Waals surface area contributed by atoms with Gasteiger partial charge < -0.3 is 0 Å². The van der Waals surface area contributed by atoms with Crippen LogP contribution in [-0.4, -0.2) is 57.4 Å². The quantitative estimate of drug-likeness (QED) is 0.777. The van der Waals surface area contributed by atoms with Crippen LogP contribution in [0, 0.1) is 11.6 Å². The van der Waals surface area contributed by atoms with E-state index in [9.17, 15) is 25.6 Å². The van der Waals surface area contributed by atoms with Crippen LogP contribution in [0.1, 0.15) is 13.3 Å². The third kappa shape index (κ3) is 3.87. The lowest BCUT2D eigenvalue weighted by atomic mass is 10.3. The van der Waals surface area contributed by atoms with Gasteiger partial charge >= 0.3 is 0 Å². The Hall–Kier alpha value is -1.10. The second-order valence-corrected chi connectivity index (χ2v) is 9.19. The van der Waals surface area contributed by atoms with Gasteiger partial charge in [-0.2, -0.15) is 8.61 Å². The summed E-state index contributed by atoms with van der Waals surface area (Å²) in [6.07, 6.45) is 0.468. The predicted molar refractivity (Wildman–Crippen MR) is 80.8 cm³/mol. The van der Waals surface area contributed by atoms with Crippen molar-refractivity contribution in [2.75, 3.05) is 31.9 Å². The Bertz CT molecular complexity index is 773. The first-order valence-electron chi connectivity index (χ1n) is 7.11. The summed E-state index contributed by atoms with van der Waals surface area (Å²) in [7, 11) is -7.60. The van der Waals surface area contributed by atoms with Crippen LogP contribution < -0.4 is 0 Å². The third-order valence-corrected chi connectivity index (χ3v) is 7.55. The summed E-state index contributed by atoms with van der Waals surface area (Å²) in [6.45, 7) is 1.55. The average Bonchev–Trinajstić information content (AvgIpc) is 2.49. The molecule has 130 valence electrons. The van der Waals surface area contributed by atoms with E-state index in [1.807, 2.05) is 0 Å². The van der Waals surface area contributed by atoms with E-state index in [-0.39, 0.29) is 31.9 Å². The minimum atomic E-state index is -4.20. The van der Waals surface area contributed by atoms with Crippen molar-refractivity contribution >= 4 is 20.0 Å². The molecule has 1 aromatic rings. The highest BCUT2D eigenvalue weighted by atomic mass is 32.2. The van der Waals surface area contributed by atoms with E-state index < -0.39 is 36.6 Å². The molecule has 1 aliphatic heterocycles. The van der Waals surface area contributed by atoms with Gasteiger partial charge in [0.15, 0.2) is 0 Å². The van der Waals surface area contributed by atoms with Gasteiger partial charge in [0.25, 0.3) is 0 Å². The minimum absolute atomic E-state index is 0.00149. The lowest BCUT2D eigenvalue weighted by Crippen LogP contribution is -2.51. The summed E-state index contributed by atoms with van der Waals surface area (Å²) in [6, 6.07) is 2.22. The van der Waals surface area contributed by atoms with E-state index in [0.717, 1.165) is 16.4 Å². The van der Waals surface area contributed by atoms with Gasteiger partial charge in [-0.25, -0.2) is 25.6 Å². The summed E-state index contributed by atoms with van der Waals surface area (Å²) in [4.78, 5) is -0.734. The molecule has 10 heteroatoms. The first-order chi connectivity index (χ1) is 10.7. The van der Waals surface area contributed by atoms with E-state index in [4.69, 9.17) is 0 Å². The number of hydrogen-bond acceptors (Lipinski definition) is 4. The maximum Gasteiger partial charge on any atom is 0.246 e. The van der Waals surface area contributed by atoms with Crippen molar-refractivity contribution in [2.45, 2.75) is 18.2 Å². The van der Waals surface area contributed by atoms with Crippen molar-refractivity contribution in [3.63, 3.8) is 0 Å². The topological polar surface area (TPSA) is 74.8 Å². The molecule has 0 aromatic heterocycles. The molecule has 23 heavy (non-hydrogen) atoms. The first-order valence-corrected chi connectivity index (χ1v) is 10.2. The zero-order valence-corrected chi connectivity index (χ0v) is 14.2. The SMILES string of the molecule is CCCS(=O)(=O)N1CCN(S(=O)(=O)c2cc(F)ccc2F)CC1. The maximum absolute atomic E-state index is 13.7. The third-order valence-electron chi connectivity index (χ3n) is 3.56.